The molecule has 122 valence electrons. The molecule has 1 heterocycles. The number of Topliss-reactive ketones (excluding diaryl/α,β-unsaturated/α-hetero) is 2. The Kier molecular flexibility index (Phi) is 4.51. The quantitative estimate of drug-likeness (QED) is 0.810. The Labute approximate surface area is 138 Å². The van der Waals surface area contributed by atoms with Gasteiger partial charge in [0.2, 0.25) is 5.91 Å². The molecule has 0 bridgehead atoms. The van der Waals surface area contributed by atoms with Gasteiger partial charge in [0.15, 0.2) is 11.6 Å². The molecule has 5 heteroatoms. The molecule has 0 N–H and O–H groups in total. The molecular formula is C19H16FNO3. The van der Waals surface area contributed by atoms with Crippen LogP contribution >= 0.6 is 0 Å². The number of carbonyl (C=O) groups excluding carboxylic acids is 3. The van der Waals surface area contributed by atoms with E-state index in [0.717, 1.165) is 0 Å². The summed E-state index contributed by atoms with van der Waals surface area (Å²) in [7, 11) is 0. The molecule has 1 aliphatic heterocycles. The second kappa shape index (κ2) is 6.74. The molecule has 1 amide bonds. The van der Waals surface area contributed by atoms with E-state index in [9.17, 15) is 18.8 Å². The number of halogens is 1. The van der Waals surface area contributed by atoms with E-state index in [0.29, 0.717) is 17.8 Å². The summed E-state index contributed by atoms with van der Waals surface area (Å²) in [4.78, 5) is 38.0. The van der Waals surface area contributed by atoms with Crippen molar-refractivity contribution in [3.05, 3.63) is 65.5 Å². The van der Waals surface area contributed by atoms with Crippen molar-refractivity contribution >= 4 is 23.2 Å². The Balaban J connectivity index is 1.70. The summed E-state index contributed by atoms with van der Waals surface area (Å²) in [6.07, 6.45) is 0.187. The fourth-order valence-electron chi connectivity index (χ4n) is 2.85. The van der Waals surface area contributed by atoms with Crippen LogP contribution in [0, 0.1) is 5.82 Å². The molecular weight excluding hydrogens is 309 g/mol. The molecule has 0 unspecified atom stereocenters. The van der Waals surface area contributed by atoms with E-state index in [1.54, 1.807) is 30.3 Å². The first-order chi connectivity index (χ1) is 11.6. The monoisotopic (exact) mass is 325 g/mol. The number of hydrogen-bond acceptors (Lipinski definition) is 3. The molecule has 0 aromatic heterocycles. The lowest BCUT2D eigenvalue weighted by molar-refractivity contribution is -0.118. The summed E-state index contributed by atoms with van der Waals surface area (Å²) >= 11 is 0. The van der Waals surface area contributed by atoms with Gasteiger partial charge in [-0.15, -0.1) is 0 Å². The SMILES string of the molecule is O=C(CCC(=O)N1CCC(=O)c2ccccc21)c1ccccc1F. The minimum absolute atomic E-state index is 0.000443. The number of fused-ring (bicyclic) bond motifs is 1. The van der Waals surface area contributed by atoms with Crippen LogP contribution in [0.5, 0.6) is 0 Å². The van der Waals surface area contributed by atoms with Gasteiger partial charge in [-0.3, -0.25) is 14.4 Å². The maximum absolute atomic E-state index is 13.6. The van der Waals surface area contributed by atoms with Crippen molar-refractivity contribution in [2.24, 2.45) is 0 Å². The minimum Gasteiger partial charge on any atom is -0.311 e. The molecule has 3 rings (SSSR count). The van der Waals surface area contributed by atoms with Crippen molar-refractivity contribution in [1.29, 1.82) is 0 Å². The molecule has 24 heavy (non-hydrogen) atoms. The Morgan fingerprint density at radius 1 is 1.00 bits per heavy atom. The molecule has 0 radical (unpaired) electrons. The van der Waals surface area contributed by atoms with E-state index in [1.807, 2.05) is 0 Å². The van der Waals surface area contributed by atoms with Gasteiger partial charge < -0.3 is 4.90 Å². The Bertz CT molecular complexity index is 816. The third kappa shape index (κ3) is 3.11. The smallest absolute Gasteiger partial charge is 0.227 e. The highest BCUT2D eigenvalue weighted by atomic mass is 19.1. The number of anilines is 1. The average molecular weight is 325 g/mol. The number of hydrogen-bond donors (Lipinski definition) is 0. The zero-order chi connectivity index (χ0) is 17.1. The maximum atomic E-state index is 13.6. The van der Waals surface area contributed by atoms with Crippen LogP contribution < -0.4 is 4.90 Å². The summed E-state index contributed by atoms with van der Waals surface area (Å²) < 4.78 is 13.6. The third-order valence-electron chi connectivity index (χ3n) is 4.10. The lowest BCUT2D eigenvalue weighted by Gasteiger charge is -2.28. The number of rotatable bonds is 4. The predicted molar refractivity (Wildman–Crippen MR) is 87.7 cm³/mol. The number of amides is 1. The van der Waals surface area contributed by atoms with Crippen molar-refractivity contribution < 1.29 is 18.8 Å². The Morgan fingerprint density at radius 2 is 1.71 bits per heavy atom. The molecule has 0 saturated heterocycles. The van der Waals surface area contributed by atoms with Crippen molar-refractivity contribution in [3.8, 4) is 0 Å². The van der Waals surface area contributed by atoms with Crippen molar-refractivity contribution in [3.63, 3.8) is 0 Å². The van der Waals surface area contributed by atoms with Gasteiger partial charge in [-0.25, -0.2) is 4.39 Å². The lowest BCUT2D eigenvalue weighted by atomic mass is 9.99. The molecule has 0 spiro atoms. The maximum Gasteiger partial charge on any atom is 0.227 e. The van der Waals surface area contributed by atoms with Gasteiger partial charge in [0, 0.05) is 31.4 Å². The molecule has 0 fully saturated rings. The van der Waals surface area contributed by atoms with Crippen molar-refractivity contribution in [2.45, 2.75) is 19.3 Å². The van der Waals surface area contributed by atoms with E-state index in [1.165, 1.54) is 23.1 Å². The van der Waals surface area contributed by atoms with Gasteiger partial charge >= 0.3 is 0 Å². The fraction of sp³-hybridized carbons (Fsp3) is 0.211. The molecule has 2 aromatic carbocycles. The molecule has 4 nitrogen and oxygen atoms in total. The largest absolute Gasteiger partial charge is 0.311 e. The van der Waals surface area contributed by atoms with Gasteiger partial charge in [-0.2, -0.15) is 0 Å². The first-order valence-corrected chi connectivity index (χ1v) is 7.78. The first-order valence-electron chi connectivity index (χ1n) is 7.78. The number of benzene rings is 2. The molecule has 2 aromatic rings. The van der Waals surface area contributed by atoms with E-state index >= 15 is 0 Å². The van der Waals surface area contributed by atoms with E-state index in [-0.39, 0.29) is 36.5 Å². The van der Waals surface area contributed by atoms with Crippen molar-refractivity contribution in [2.75, 3.05) is 11.4 Å². The standard InChI is InChI=1S/C19H16FNO3/c20-15-7-3-1-5-13(15)17(22)9-10-19(24)21-12-11-18(23)14-6-2-4-8-16(14)21/h1-8H,9-12H2. The highest BCUT2D eigenvalue weighted by Gasteiger charge is 2.27. The summed E-state index contributed by atoms with van der Waals surface area (Å²) in [5, 5.41) is 0. The zero-order valence-electron chi connectivity index (χ0n) is 13.0. The molecule has 1 aliphatic rings. The summed E-state index contributed by atoms with van der Waals surface area (Å²) in [5.41, 5.74) is 1.11. The number of para-hydroxylation sites is 1. The summed E-state index contributed by atoms with van der Waals surface area (Å²) in [6, 6.07) is 12.7. The van der Waals surface area contributed by atoms with Crippen LogP contribution in [-0.2, 0) is 4.79 Å². The van der Waals surface area contributed by atoms with Crippen LogP contribution in [-0.4, -0.2) is 24.0 Å². The Hall–Kier alpha value is -2.82. The van der Waals surface area contributed by atoms with Gasteiger partial charge in [0.25, 0.3) is 0 Å². The van der Waals surface area contributed by atoms with Crippen LogP contribution in [0.3, 0.4) is 0 Å². The number of nitrogens with zero attached hydrogens (tertiary/aromatic N) is 1. The number of carbonyl (C=O) groups is 3. The van der Waals surface area contributed by atoms with E-state index < -0.39 is 11.6 Å². The minimum atomic E-state index is -0.580. The van der Waals surface area contributed by atoms with Gasteiger partial charge in [-0.1, -0.05) is 24.3 Å². The highest BCUT2D eigenvalue weighted by Crippen LogP contribution is 2.27. The Morgan fingerprint density at radius 3 is 2.50 bits per heavy atom. The molecule has 0 aliphatic carbocycles. The van der Waals surface area contributed by atoms with E-state index in [4.69, 9.17) is 0 Å². The second-order valence-corrected chi connectivity index (χ2v) is 5.64. The second-order valence-electron chi connectivity index (χ2n) is 5.64. The van der Waals surface area contributed by atoms with Crippen molar-refractivity contribution in [1.82, 2.24) is 0 Å². The summed E-state index contributed by atoms with van der Waals surface area (Å²) in [5.74, 6) is -1.21. The highest BCUT2D eigenvalue weighted by molar-refractivity contribution is 6.09. The number of ketones is 2. The fourth-order valence-corrected chi connectivity index (χ4v) is 2.85. The topological polar surface area (TPSA) is 54.5 Å². The first kappa shape index (κ1) is 16.1. The third-order valence-corrected chi connectivity index (χ3v) is 4.10. The van der Waals surface area contributed by atoms with Crippen LogP contribution in [0.25, 0.3) is 0 Å². The lowest BCUT2D eigenvalue weighted by Crippen LogP contribution is -2.37. The van der Waals surface area contributed by atoms with Crippen LogP contribution in [0.1, 0.15) is 40.0 Å². The normalized spacial score (nSPS) is 13.5. The molecule has 0 saturated carbocycles. The van der Waals surface area contributed by atoms with Crippen LogP contribution in [0.15, 0.2) is 48.5 Å². The predicted octanol–water partition coefficient (Wildman–Crippen LogP) is 3.41. The van der Waals surface area contributed by atoms with Gasteiger partial charge in [0.05, 0.1) is 11.3 Å². The van der Waals surface area contributed by atoms with Crippen LogP contribution in [0.4, 0.5) is 10.1 Å². The van der Waals surface area contributed by atoms with Gasteiger partial charge in [0.1, 0.15) is 5.82 Å². The zero-order valence-corrected chi connectivity index (χ0v) is 13.0. The van der Waals surface area contributed by atoms with Gasteiger partial charge in [-0.05, 0) is 24.3 Å². The average Bonchev–Trinajstić information content (AvgIpc) is 2.60. The summed E-state index contributed by atoms with van der Waals surface area (Å²) in [6.45, 7) is 0.308. The molecule has 0 atom stereocenters. The van der Waals surface area contributed by atoms with E-state index in [2.05, 4.69) is 0 Å². The van der Waals surface area contributed by atoms with Crippen LogP contribution in [0.2, 0.25) is 0 Å².